The van der Waals surface area contributed by atoms with Gasteiger partial charge in [-0.1, -0.05) is 26.0 Å². The molecule has 3 aromatic heterocycles. The van der Waals surface area contributed by atoms with Crippen LogP contribution < -0.4 is 9.46 Å². The van der Waals surface area contributed by atoms with Gasteiger partial charge in [0.2, 0.25) is 5.95 Å². The fraction of sp³-hybridized carbons (Fsp3) is 0.348. The van der Waals surface area contributed by atoms with Crippen molar-refractivity contribution in [3.05, 3.63) is 59.8 Å². The molecule has 0 aliphatic heterocycles. The van der Waals surface area contributed by atoms with Crippen molar-refractivity contribution in [1.29, 1.82) is 0 Å². The van der Waals surface area contributed by atoms with Crippen LogP contribution in [0.25, 0.3) is 17.2 Å². The Morgan fingerprint density at radius 3 is 2.61 bits per heavy atom. The number of nitrogens with one attached hydrogen (secondary N) is 1. The van der Waals surface area contributed by atoms with Crippen molar-refractivity contribution in [3.63, 3.8) is 0 Å². The van der Waals surface area contributed by atoms with Crippen LogP contribution >= 0.6 is 11.9 Å². The van der Waals surface area contributed by atoms with Crippen molar-refractivity contribution in [1.82, 2.24) is 34.5 Å². The normalized spacial score (nSPS) is 12.0. The molecule has 3 heterocycles. The Hall–Kier alpha value is -3.40. The van der Waals surface area contributed by atoms with E-state index in [4.69, 9.17) is 4.74 Å². The molecule has 172 valence electrons. The van der Waals surface area contributed by atoms with Crippen molar-refractivity contribution >= 4 is 17.9 Å². The second-order valence-corrected chi connectivity index (χ2v) is 9.03. The third-order valence-corrected chi connectivity index (χ3v) is 6.04. The van der Waals surface area contributed by atoms with E-state index in [-0.39, 0.29) is 5.25 Å². The summed E-state index contributed by atoms with van der Waals surface area (Å²) in [6.07, 6.45) is 7.14. The van der Waals surface area contributed by atoms with E-state index >= 15 is 0 Å². The molecule has 0 aliphatic rings. The first-order chi connectivity index (χ1) is 16.0. The Balaban J connectivity index is 1.68. The number of rotatable bonds is 9. The summed E-state index contributed by atoms with van der Waals surface area (Å²) in [5.74, 6) is 2.82. The molecule has 0 radical (unpaired) electrons. The van der Waals surface area contributed by atoms with Crippen LogP contribution in [0.5, 0.6) is 5.75 Å². The van der Waals surface area contributed by atoms with Crippen LogP contribution in [-0.4, -0.2) is 46.9 Å². The first-order valence-electron chi connectivity index (χ1n) is 10.8. The topological polar surface area (TPSA) is 95.6 Å². The first-order valence-corrected chi connectivity index (χ1v) is 11.7. The molecule has 1 N–H and O–H groups in total. The first kappa shape index (κ1) is 22.8. The molecule has 0 saturated carbocycles. The van der Waals surface area contributed by atoms with Crippen molar-refractivity contribution < 1.29 is 4.74 Å². The molecule has 1 aromatic carbocycles. The number of aryl methyl sites for hydroxylation is 3. The Morgan fingerprint density at radius 1 is 1.15 bits per heavy atom. The number of aromatic nitrogens is 7. The maximum absolute atomic E-state index is 5.72. The van der Waals surface area contributed by atoms with Crippen LogP contribution in [0.1, 0.15) is 30.8 Å². The standard InChI is InChI=1S/C23H28N8OS/c1-6-17-8-7-9-19(32-5)21(17)31-22(18-10-11-30(4)28-18)26-27-23(31)29-33-16(3)12-20-24-13-15(2)14-25-20/h7-11,13-14,16H,6,12H2,1-5H3,(H,27,29). The maximum Gasteiger partial charge on any atom is 0.239 e. The minimum atomic E-state index is 0.208. The molecular weight excluding hydrogens is 436 g/mol. The van der Waals surface area contributed by atoms with Gasteiger partial charge in [-0.15, -0.1) is 10.2 Å². The lowest BCUT2D eigenvalue weighted by atomic mass is 10.1. The van der Waals surface area contributed by atoms with Crippen LogP contribution in [0.4, 0.5) is 5.95 Å². The number of ether oxygens (including phenoxy) is 1. The highest BCUT2D eigenvalue weighted by atomic mass is 32.2. The average molecular weight is 465 g/mol. The predicted octanol–water partition coefficient (Wildman–Crippen LogP) is 4.03. The lowest BCUT2D eigenvalue weighted by Crippen LogP contribution is -2.11. The zero-order valence-corrected chi connectivity index (χ0v) is 20.3. The SMILES string of the molecule is CCc1cccc(OC)c1-n1c(NSC(C)Cc2ncc(C)cn2)nnc1-c1ccn(C)n1. The molecule has 9 nitrogen and oxygen atoms in total. The van der Waals surface area contributed by atoms with Gasteiger partial charge in [-0.05, 0) is 48.6 Å². The van der Waals surface area contributed by atoms with E-state index in [0.29, 0.717) is 11.8 Å². The molecule has 0 spiro atoms. The molecule has 33 heavy (non-hydrogen) atoms. The van der Waals surface area contributed by atoms with Gasteiger partial charge in [0.05, 0.1) is 12.8 Å². The molecule has 0 aliphatic carbocycles. The summed E-state index contributed by atoms with van der Waals surface area (Å²) in [5, 5.41) is 13.7. The number of methoxy groups -OCH3 is 1. The molecule has 0 bridgehead atoms. The van der Waals surface area contributed by atoms with Crippen molar-refractivity contribution in [2.24, 2.45) is 7.05 Å². The number of anilines is 1. The number of hydrogen-bond donors (Lipinski definition) is 1. The second-order valence-electron chi connectivity index (χ2n) is 7.79. The second kappa shape index (κ2) is 10.0. The molecule has 4 rings (SSSR count). The summed E-state index contributed by atoms with van der Waals surface area (Å²) in [6.45, 7) is 6.23. The van der Waals surface area contributed by atoms with Crippen LogP contribution in [0, 0.1) is 6.92 Å². The third-order valence-electron chi connectivity index (χ3n) is 5.17. The largest absolute Gasteiger partial charge is 0.495 e. The van der Waals surface area contributed by atoms with E-state index in [2.05, 4.69) is 49.9 Å². The van der Waals surface area contributed by atoms with Gasteiger partial charge >= 0.3 is 0 Å². The van der Waals surface area contributed by atoms with E-state index in [1.807, 2.05) is 55.3 Å². The molecule has 10 heteroatoms. The van der Waals surface area contributed by atoms with Gasteiger partial charge < -0.3 is 4.74 Å². The monoisotopic (exact) mass is 464 g/mol. The quantitative estimate of drug-likeness (QED) is 0.371. The summed E-state index contributed by atoms with van der Waals surface area (Å²) in [6, 6.07) is 7.96. The third kappa shape index (κ3) is 5.00. The molecular formula is C23H28N8OS. The van der Waals surface area contributed by atoms with Gasteiger partial charge in [-0.3, -0.25) is 14.0 Å². The zero-order valence-electron chi connectivity index (χ0n) is 19.5. The predicted molar refractivity (Wildman–Crippen MR) is 131 cm³/mol. The van der Waals surface area contributed by atoms with E-state index in [9.17, 15) is 0 Å². The van der Waals surface area contributed by atoms with Gasteiger partial charge in [0, 0.05) is 37.3 Å². The van der Waals surface area contributed by atoms with E-state index in [0.717, 1.165) is 46.9 Å². The summed E-state index contributed by atoms with van der Waals surface area (Å²) >= 11 is 1.56. The Labute approximate surface area is 197 Å². The molecule has 0 fully saturated rings. The maximum atomic E-state index is 5.72. The van der Waals surface area contributed by atoms with Gasteiger partial charge in [-0.2, -0.15) is 5.10 Å². The zero-order chi connectivity index (χ0) is 23.4. The van der Waals surface area contributed by atoms with E-state index in [1.54, 1.807) is 23.7 Å². The van der Waals surface area contributed by atoms with Crippen LogP contribution in [0.3, 0.4) is 0 Å². The molecule has 4 aromatic rings. The Kier molecular flexibility index (Phi) is 6.93. The van der Waals surface area contributed by atoms with Crippen LogP contribution in [0.15, 0.2) is 42.9 Å². The van der Waals surface area contributed by atoms with Crippen LogP contribution in [0.2, 0.25) is 0 Å². The van der Waals surface area contributed by atoms with Gasteiger partial charge in [-0.25, -0.2) is 9.97 Å². The number of hydrogen-bond acceptors (Lipinski definition) is 8. The summed E-state index contributed by atoms with van der Waals surface area (Å²) < 4.78 is 12.9. The lowest BCUT2D eigenvalue weighted by Gasteiger charge is -2.18. The highest BCUT2D eigenvalue weighted by Crippen LogP contribution is 2.34. The molecule has 1 unspecified atom stereocenters. The summed E-state index contributed by atoms with van der Waals surface area (Å²) in [4.78, 5) is 8.83. The number of para-hydroxylation sites is 1. The van der Waals surface area contributed by atoms with Gasteiger partial charge in [0.15, 0.2) is 5.82 Å². The van der Waals surface area contributed by atoms with E-state index < -0.39 is 0 Å². The summed E-state index contributed by atoms with van der Waals surface area (Å²) in [7, 11) is 3.56. The fourth-order valence-corrected chi connectivity index (χ4v) is 4.18. The molecule has 0 saturated heterocycles. The van der Waals surface area contributed by atoms with Crippen molar-refractivity contribution in [2.75, 3.05) is 11.8 Å². The van der Waals surface area contributed by atoms with Crippen molar-refractivity contribution in [2.45, 2.75) is 38.9 Å². The number of benzene rings is 1. The minimum absolute atomic E-state index is 0.208. The summed E-state index contributed by atoms with van der Waals surface area (Å²) in [5.41, 5.74) is 3.82. The van der Waals surface area contributed by atoms with Gasteiger partial charge in [0.25, 0.3) is 0 Å². The van der Waals surface area contributed by atoms with Gasteiger partial charge in [0.1, 0.15) is 17.3 Å². The lowest BCUT2D eigenvalue weighted by molar-refractivity contribution is 0.412. The number of nitrogens with zero attached hydrogens (tertiary/aromatic N) is 7. The minimum Gasteiger partial charge on any atom is -0.495 e. The Morgan fingerprint density at radius 2 is 1.94 bits per heavy atom. The highest BCUT2D eigenvalue weighted by molar-refractivity contribution is 8.01. The Bertz CT molecular complexity index is 1200. The molecule has 1 atom stereocenters. The highest BCUT2D eigenvalue weighted by Gasteiger charge is 2.23. The van der Waals surface area contributed by atoms with Crippen LogP contribution in [-0.2, 0) is 19.9 Å². The fourth-order valence-electron chi connectivity index (χ4n) is 3.51. The molecule has 0 amide bonds. The van der Waals surface area contributed by atoms with E-state index in [1.165, 1.54) is 0 Å². The average Bonchev–Trinajstić information content (AvgIpc) is 3.44. The smallest absolute Gasteiger partial charge is 0.239 e. The van der Waals surface area contributed by atoms with Crippen molar-refractivity contribution in [3.8, 4) is 23.0 Å².